The molecule has 6 unspecified atom stereocenters. The van der Waals surface area contributed by atoms with Gasteiger partial charge in [-0.05, 0) is 49.8 Å². The van der Waals surface area contributed by atoms with Crippen molar-refractivity contribution in [2.45, 2.75) is 69.0 Å². The van der Waals surface area contributed by atoms with Crippen LogP contribution in [0.2, 0.25) is 0 Å². The molecule has 3 heterocycles. The molecule has 0 spiro atoms. The van der Waals surface area contributed by atoms with E-state index in [-0.39, 0.29) is 42.5 Å². The fourth-order valence-electron chi connectivity index (χ4n) is 4.73. The zero-order valence-corrected chi connectivity index (χ0v) is 17.0. The van der Waals surface area contributed by atoms with Crippen molar-refractivity contribution in [3.05, 3.63) is 54.1 Å². The van der Waals surface area contributed by atoms with Gasteiger partial charge in [-0.25, -0.2) is 0 Å². The van der Waals surface area contributed by atoms with Crippen LogP contribution in [-0.2, 0) is 20.7 Å². The van der Waals surface area contributed by atoms with E-state index in [4.69, 9.17) is 14.6 Å². The Morgan fingerprint density at radius 2 is 1.80 bits per heavy atom. The minimum Gasteiger partial charge on any atom is -0.508 e. The first-order valence-electron chi connectivity index (χ1n) is 10.8. The molecule has 3 aliphatic rings. The average Bonchev–Trinajstić information content (AvgIpc) is 3.35. The van der Waals surface area contributed by atoms with E-state index in [1.165, 1.54) is 0 Å². The Labute approximate surface area is 176 Å². The molecule has 1 aromatic carbocycles. The Bertz CT molecular complexity index is 785. The molecule has 0 aliphatic carbocycles. The summed E-state index contributed by atoms with van der Waals surface area (Å²) in [5.41, 5.74) is 1.09. The third-order valence-electron chi connectivity index (χ3n) is 6.38. The first kappa shape index (κ1) is 21.1. The summed E-state index contributed by atoms with van der Waals surface area (Å²) in [7, 11) is 0. The van der Waals surface area contributed by atoms with Crippen LogP contribution in [0.15, 0.2) is 48.6 Å². The van der Waals surface area contributed by atoms with Crippen LogP contribution in [0.25, 0.3) is 0 Å². The summed E-state index contributed by atoms with van der Waals surface area (Å²) in [6.07, 6.45) is 12.2. The molecule has 162 valence electrons. The van der Waals surface area contributed by atoms with E-state index < -0.39 is 12.1 Å². The molecular weight excluding hydrogens is 384 g/mol. The van der Waals surface area contributed by atoms with Crippen LogP contribution in [0.1, 0.15) is 37.7 Å². The molecule has 0 radical (unpaired) electrons. The van der Waals surface area contributed by atoms with Crippen molar-refractivity contribution in [3.8, 4) is 5.75 Å². The van der Waals surface area contributed by atoms with Crippen LogP contribution in [0.4, 0.5) is 0 Å². The number of hydrogen-bond acceptors (Lipinski definition) is 5. The number of aromatic hydroxyl groups is 1. The van der Waals surface area contributed by atoms with E-state index in [9.17, 15) is 15.0 Å². The maximum atomic E-state index is 10.6. The predicted molar refractivity (Wildman–Crippen MR) is 111 cm³/mol. The first-order chi connectivity index (χ1) is 14.5. The molecule has 3 N–H and O–H groups in total. The second kappa shape index (κ2) is 9.33. The van der Waals surface area contributed by atoms with E-state index in [1.54, 1.807) is 12.1 Å². The van der Waals surface area contributed by atoms with Crippen molar-refractivity contribution < 1.29 is 29.6 Å². The number of aliphatic hydroxyl groups is 1. The highest BCUT2D eigenvalue weighted by Crippen LogP contribution is 2.55. The Hall–Kier alpha value is -2.15. The van der Waals surface area contributed by atoms with Gasteiger partial charge in [0.15, 0.2) is 0 Å². The lowest BCUT2D eigenvalue weighted by Crippen LogP contribution is -2.31. The topological polar surface area (TPSA) is 99.5 Å². The SMILES string of the molecule is O=C(O)CCC/C=C\CC1C(/C=C/[C@@H](O)CCc2ccc(O)cc2)C2OC1C1OC21. The molecule has 0 saturated carbocycles. The first-order valence-corrected chi connectivity index (χ1v) is 10.8. The lowest BCUT2D eigenvalue weighted by atomic mass is 9.77. The molecular formula is C24H30O6. The maximum Gasteiger partial charge on any atom is 0.303 e. The molecule has 2 bridgehead atoms. The number of epoxide rings is 1. The smallest absolute Gasteiger partial charge is 0.303 e. The minimum atomic E-state index is -0.754. The van der Waals surface area contributed by atoms with Gasteiger partial charge in [-0.2, -0.15) is 0 Å². The number of fused-ring (bicyclic) bond motifs is 5. The van der Waals surface area contributed by atoms with E-state index in [1.807, 2.05) is 18.2 Å². The second-order valence-electron chi connectivity index (χ2n) is 8.52. The van der Waals surface area contributed by atoms with Gasteiger partial charge in [0.2, 0.25) is 0 Å². The van der Waals surface area contributed by atoms with Crippen molar-refractivity contribution >= 4 is 5.97 Å². The van der Waals surface area contributed by atoms with Gasteiger partial charge < -0.3 is 24.8 Å². The Morgan fingerprint density at radius 3 is 2.57 bits per heavy atom. The fourth-order valence-corrected chi connectivity index (χ4v) is 4.73. The van der Waals surface area contributed by atoms with Gasteiger partial charge in [-0.1, -0.05) is 36.4 Å². The zero-order chi connectivity index (χ0) is 21.1. The molecule has 6 nitrogen and oxygen atoms in total. The van der Waals surface area contributed by atoms with Gasteiger partial charge in [-0.15, -0.1) is 0 Å². The van der Waals surface area contributed by atoms with Crippen LogP contribution in [-0.4, -0.2) is 51.8 Å². The molecule has 7 atom stereocenters. The number of ether oxygens (including phenoxy) is 2. The molecule has 6 heteroatoms. The highest BCUT2D eigenvalue weighted by Gasteiger charge is 2.68. The molecule has 0 aromatic heterocycles. The largest absolute Gasteiger partial charge is 0.508 e. The molecule has 0 amide bonds. The van der Waals surface area contributed by atoms with Gasteiger partial charge >= 0.3 is 5.97 Å². The number of benzene rings is 1. The van der Waals surface area contributed by atoms with Gasteiger partial charge in [0, 0.05) is 18.3 Å². The third kappa shape index (κ3) is 4.94. The number of rotatable bonds is 11. The number of carboxylic acid groups (broad SMARTS) is 1. The highest BCUT2D eigenvalue weighted by atomic mass is 16.7. The number of carboxylic acids is 1. The van der Waals surface area contributed by atoms with Crippen LogP contribution in [0, 0.1) is 11.8 Å². The highest BCUT2D eigenvalue weighted by molar-refractivity contribution is 5.66. The molecule has 4 rings (SSSR count). The molecule has 3 aliphatic heterocycles. The molecule has 30 heavy (non-hydrogen) atoms. The van der Waals surface area contributed by atoms with E-state index in [0.29, 0.717) is 18.8 Å². The number of phenolic OH excluding ortho intramolecular Hbond substituents is 1. The summed E-state index contributed by atoms with van der Waals surface area (Å²) in [5, 5.41) is 28.5. The Balaban J connectivity index is 1.28. The number of aliphatic carboxylic acids is 1. The maximum absolute atomic E-state index is 10.6. The normalized spacial score (nSPS) is 32.7. The number of phenols is 1. The number of hydrogen-bond donors (Lipinski definition) is 3. The minimum absolute atomic E-state index is 0.0750. The second-order valence-corrected chi connectivity index (χ2v) is 8.52. The number of aryl methyl sites for hydroxylation is 1. The van der Waals surface area contributed by atoms with Gasteiger partial charge in [0.25, 0.3) is 0 Å². The summed E-state index contributed by atoms with van der Waals surface area (Å²) in [4.78, 5) is 10.6. The molecule has 3 fully saturated rings. The van der Waals surface area contributed by atoms with Crippen molar-refractivity contribution in [2.75, 3.05) is 0 Å². The quantitative estimate of drug-likeness (QED) is 0.292. The van der Waals surface area contributed by atoms with Crippen molar-refractivity contribution in [1.29, 1.82) is 0 Å². The average molecular weight is 414 g/mol. The van der Waals surface area contributed by atoms with Crippen LogP contribution in [0.3, 0.4) is 0 Å². The van der Waals surface area contributed by atoms with Gasteiger partial charge in [0.05, 0.1) is 18.3 Å². The number of unbranched alkanes of at least 4 members (excludes halogenated alkanes) is 1. The standard InChI is InChI=1S/C24H30O6/c25-16-10-7-15(8-11-16)9-12-17(26)13-14-19-18(5-3-1-2-4-6-20(27)28)21-23-24(30-23)22(19)29-21/h1,3,7-8,10-11,13-14,17-19,21-26H,2,4-6,9,12H2,(H,27,28)/b3-1-,14-13+/t17-,18?,19?,21?,22?,23?,24?/m0/s1. The summed E-state index contributed by atoms with van der Waals surface area (Å²) in [5.74, 6) is 0.0508. The van der Waals surface area contributed by atoms with E-state index >= 15 is 0 Å². The molecule has 1 aromatic rings. The van der Waals surface area contributed by atoms with Crippen molar-refractivity contribution in [2.24, 2.45) is 11.8 Å². The lowest BCUT2D eigenvalue weighted by molar-refractivity contribution is -0.137. The number of allylic oxidation sites excluding steroid dienone is 2. The molecule has 3 saturated heterocycles. The van der Waals surface area contributed by atoms with Gasteiger partial charge in [0.1, 0.15) is 18.0 Å². The monoisotopic (exact) mass is 414 g/mol. The van der Waals surface area contributed by atoms with Crippen LogP contribution >= 0.6 is 0 Å². The fraction of sp³-hybridized carbons (Fsp3) is 0.542. The van der Waals surface area contributed by atoms with Crippen molar-refractivity contribution in [1.82, 2.24) is 0 Å². The van der Waals surface area contributed by atoms with Crippen LogP contribution in [0.5, 0.6) is 5.75 Å². The summed E-state index contributed by atoms with van der Waals surface area (Å²) < 4.78 is 11.9. The third-order valence-corrected chi connectivity index (χ3v) is 6.38. The van der Waals surface area contributed by atoms with E-state index in [0.717, 1.165) is 24.8 Å². The Morgan fingerprint density at radius 1 is 1.07 bits per heavy atom. The summed E-state index contributed by atoms with van der Waals surface area (Å²) in [6.45, 7) is 0. The van der Waals surface area contributed by atoms with E-state index in [2.05, 4.69) is 18.2 Å². The summed E-state index contributed by atoms with van der Waals surface area (Å²) in [6, 6.07) is 7.07. The van der Waals surface area contributed by atoms with Crippen molar-refractivity contribution in [3.63, 3.8) is 0 Å². The zero-order valence-electron chi connectivity index (χ0n) is 17.0. The lowest BCUT2D eigenvalue weighted by Gasteiger charge is -2.22. The predicted octanol–water partition coefficient (Wildman–Crippen LogP) is 3.22. The van der Waals surface area contributed by atoms with Crippen LogP contribution < -0.4 is 0 Å². The summed E-state index contributed by atoms with van der Waals surface area (Å²) >= 11 is 0. The Kier molecular flexibility index (Phi) is 6.56. The van der Waals surface area contributed by atoms with Gasteiger partial charge in [-0.3, -0.25) is 4.79 Å². The number of carbonyl (C=O) groups is 1. The number of aliphatic hydroxyl groups excluding tert-OH is 1.